The summed E-state index contributed by atoms with van der Waals surface area (Å²) in [4.78, 5) is 0. The second-order valence-corrected chi connectivity index (χ2v) is 5.20. The van der Waals surface area contributed by atoms with Crippen molar-refractivity contribution < 1.29 is 4.39 Å². The quantitative estimate of drug-likeness (QED) is 0.834. The summed E-state index contributed by atoms with van der Waals surface area (Å²) in [5.74, 6) is -0.369. The van der Waals surface area contributed by atoms with E-state index in [-0.39, 0.29) is 11.2 Å². The monoisotopic (exact) mass is 243 g/mol. The first-order valence-corrected chi connectivity index (χ1v) is 5.68. The lowest BCUT2D eigenvalue weighted by molar-refractivity contribution is 0.590. The summed E-state index contributed by atoms with van der Waals surface area (Å²) in [5, 5.41) is 15.8. The van der Waals surface area contributed by atoms with Crippen molar-refractivity contribution in [3.8, 4) is 17.3 Å². The maximum Gasteiger partial charge on any atom is 0.132 e. The Morgan fingerprint density at radius 1 is 1.33 bits per heavy atom. The Morgan fingerprint density at radius 3 is 2.67 bits per heavy atom. The van der Waals surface area contributed by atoms with Crippen LogP contribution in [0.25, 0.3) is 11.3 Å². The molecule has 0 aliphatic rings. The average Bonchev–Trinajstić information content (AvgIpc) is 2.78. The number of hydrogen-bond acceptors (Lipinski definition) is 2. The van der Waals surface area contributed by atoms with Crippen molar-refractivity contribution in [2.75, 3.05) is 0 Å². The Morgan fingerprint density at radius 2 is 2.06 bits per heavy atom. The van der Waals surface area contributed by atoms with E-state index in [9.17, 15) is 4.39 Å². The van der Waals surface area contributed by atoms with E-state index in [4.69, 9.17) is 5.26 Å². The normalized spacial score (nSPS) is 11.3. The van der Waals surface area contributed by atoms with Gasteiger partial charge in [-0.2, -0.15) is 10.4 Å². The van der Waals surface area contributed by atoms with Gasteiger partial charge in [-0.1, -0.05) is 20.8 Å². The van der Waals surface area contributed by atoms with E-state index >= 15 is 0 Å². The lowest BCUT2D eigenvalue weighted by Gasteiger charge is -2.18. The molecule has 4 heteroatoms. The fourth-order valence-corrected chi connectivity index (χ4v) is 1.84. The molecule has 0 unspecified atom stereocenters. The molecule has 92 valence electrons. The maximum absolute atomic E-state index is 13.9. The van der Waals surface area contributed by atoms with Crippen molar-refractivity contribution >= 4 is 0 Å². The molecule has 0 fully saturated rings. The van der Waals surface area contributed by atoms with Gasteiger partial charge in [-0.05, 0) is 23.6 Å². The minimum absolute atomic E-state index is 0.141. The molecule has 1 aromatic heterocycles. The molecule has 3 nitrogen and oxygen atoms in total. The second-order valence-electron chi connectivity index (χ2n) is 5.20. The number of rotatable bonds is 1. The summed E-state index contributed by atoms with van der Waals surface area (Å²) < 4.78 is 13.9. The number of aromatic amines is 1. The van der Waals surface area contributed by atoms with Crippen molar-refractivity contribution in [1.82, 2.24) is 10.2 Å². The Labute approximate surface area is 105 Å². The van der Waals surface area contributed by atoms with Crippen LogP contribution in [0.5, 0.6) is 0 Å². The number of nitrogens with one attached hydrogen (secondary N) is 1. The molecule has 2 rings (SSSR count). The average molecular weight is 243 g/mol. The van der Waals surface area contributed by atoms with Crippen molar-refractivity contribution in [2.45, 2.75) is 26.2 Å². The van der Waals surface area contributed by atoms with Crippen LogP contribution in [0.2, 0.25) is 0 Å². The standard InChI is InChI=1S/C14H14FN3/c1-14(2,3)11-8-17-18-13(11)10-6-9(7-16)4-5-12(10)15/h4-6,8H,1-3H3,(H,17,18). The maximum atomic E-state index is 13.9. The molecule has 0 radical (unpaired) electrons. The minimum Gasteiger partial charge on any atom is -0.285 e. The van der Waals surface area contributed by atoms with E-state index in [0.717, 1.165) is 5.56 Å². The lowest BCUT2D eigenvalue weighted by Crippen LogP contribution is -2.11. The molecule has 0 amide bonds. The Bertz CT molecular complexity index is 615. The Kier molecular flexibility index (Phi) is 2.92. The van der Waals surface area contributed by atoms with Crippen LogP contribution < -0.4 is 0 Å². The van der Waals surface area contributed by atoms with E-state index in [2.05, 4.69) is 10.2 Å². The molecule has 1 heterocycles. The van der Waals surface area contributed by atoms with Gasteiger partial charge in [0, 0.05) is 17.3 Å². The van der Waals surface area contributed by atoms with E-state index in [1.54, 1.807) is 6.20 Å². The molecule has 2 aromatic rings. The summed E-state index contributed by atoms with van der Waals surface area (Å²) in [6.45, 7) is 6.11. The van der Waals surface area contributed by atoms with Crippen LogP contribution in [0.15, 0.2) is 24.4 Å². The number of hydrogen-bond donors (Lipinski definition) is 1. The molecule has 0 atom stereocenters. The molecule has 0 aliphatic heterocycles. The van der Waals surface area contributed by atoms with Crippen LogP contribution in [0.3, 0.4) is 0 Å². The molecular formula is C14H14FN3. The summed E-state index contributed by atoms with van der Waals surface area (Å²) in [6.07, 6.45) is 1.77. The van der Waals surface area contributed by atoms with Gasteiger partial charge in [0.2, 0.25) is 0 Å². The van der Waals surface area contributed by atoms with Crippen LogP contribution in [0.4, 0.5) is 4.39 Å². The van der Waals surface area contributed by atoms with Crippen molar-refractivity contribution in [3.63, 3.8) is 0 Å². The predicted octanol–water partition coefficient (Wildman–Crippen LogP) is 3.38. The predicted molar refractivity (Wildman–Crippen MR) is 67.4 cm³/mol. The zero-order valence-corrected chi connectivity index (χ0v) is 10.6. The highest BCUT2D eigenvalue weighted by Crippen LogP contribution is 2.32. The third-order valence-electron chi connectivity index (χ3n) is 2.80. The topological polar surface area (TPSA) is 52.5 Å². The van der Waals surface area contributed by atoms with E-state index in [0.29, 0.717) is 16.8 Å². The zero-order valence-electron chi connectivity index (χ0n) is 10.6. The fraction of sp³-hybridized carbons (Fsp3) is 0.286. The third kappa shape index (κ3) is 2.12. The van der Waals surface area contributed by atoms with E-state index in [1.165, 1.54) is 18.2 Å². The second kappa shape index (κ2) is 4.26. The van der Waals surface area contributed by atoms with Crippen molar-refractivity contribution in [3.05, 3.63) is 41.3 Å². The zero-order chi connectivity index (χ0) is 13.3. The highest BCUT2D eigenvalue weighted by molar-refractivity contribution is 5.66. The summed E-state index contributed by atoms with van der Waals surface area (Å²) >= 11 is 0. The summed E-state index contributed by atoms with van der Waals surface area (Å²) in [7, 11) is 0. The number of H-pyrrole nitrogens is 1. The van der Waals surface area contributed by atoms with Gasteiger partial charge in [0.05, 0.1) is 17.3 Å². The lowest BCUT2D eigenvalue weighted by atomic mass is 9.85. The van der Waals surface area contributed by atoms with Gasteiger partial charge in [-0.3, -0.25) is 5.10 Å². The number of benzene rings is 1. The number of nitrogens with zero attached hydrogens (tertiary/aromatic N) is 2. The fourth-order valence-electron chi connectivity index (χ4n) is 1.84. The molecule has 1 aromatic carbocycles. The van der Waals surface area contributed by atoms with Gasteiger partial charge in [0.15, 0.2) is 0 Å². The molecule has 1 N–H and O–H groups in total. The van der Waals surface area contributed by atoms with Gasteiger partial charge in [-0.25, -0.2) is 4.39 Å². The minimum atomic E-state index is -0.369. The first kappa shape index (κ1) is 12.3. The molecule has 18 heavy (non-hydrogen) atoms. The molecule has 0 saturated carbocycles. The summed E-state index contributed by atoms with van der Waals surface area (Å²) in [6, 6.07) is 6.30. The van der Waals surface area contributed by atoms with Crippen molar-refractivity contribution in [2.24, 2.45) is 0 Å². The molecular weight excluding hydrogens is 229 g/mol. The van der Waals surface area contributed by atoms with Crippen LogP contribution in [-0.4, -0.2) is 10.2 Å². The van der Waals surface area contributed by atoms with Crippen LogP contribution in [0, 0.1) is 17.1 Å². The summed E-state index contributed by atoms with van der Waals surface area (Å²) in [5.41, 5.74) is 2.14. The Balaban J connectivity index is 2.63. The molecule has 0 spiro atoms. The van der Waals surface area contributed by atoms with Gasteiger partial charge in [0.1, 0.15) is 5.82 Å². The van der Waals surface area contributed by atoms with Crippen LogP contribution in [0.1, 0.15) is 31.9 Å². The van der Waals surface area contributed by atoms with Crippen LogP contribution >= 0.6 is 0 Å². The van der Waals surface area contributed by atoms with E-state index in [1.807, 2.05) is 26.8 Å². The largest absolute Gasteiger partial charge is 0.285 e. The highest BCUT2D eigenvalue weighted by Gasteiger charge is 2.22. The van der Waals surface area contributed by atoms with Crippen LogP contribution in [-0.2, 0) is 5.41 Å². The molecule has 0 saturated heterocycles. The molecule has 0 bridgehead atoms. The first-order valence-electron chi connectivity index (χ1n) is 5.68. The SMILES string of the molecule is CC(C)(C)c1c[nH]nc1-c1cc(C#N)ccc1F. The Hall–Kier alpha value is -2.15. The van der Waals surface area contributed by atoms with Gasteiger partial charge >= 0.3 is 0 Å². The number of nitriles is 1. The smallest absolute Gasteiger partial charge is 0.132 e. The third-order valence-corrected chi connectivity index (χ3v) is 2.80. The van der Waals surface area contributed by atoms with Gasteiger partial charge in [-0.15, -0.1) is 0 Å². The van der Waals surface area contributed by atoms with Crippen molar-refractivity contribution in [1.29, 1.82) is 5.26 Å². The van der Waals surface area contributed by atoms with E-state index < -0.39 is 0 Å². The number of aromatic nitrogens is 2. The molecule has 0 aliphatic carbocycles. The number of halogens is 1. The van der Waals surface area contributed by atoms with Gasteiger partial charge < -0.3 is 0 Å². The first-order chi connectivity index (χ1) is 8.43. The van der Waals surface area contributed by atoms with Gasteiger partial charge in [0.25, 0.3) is 0 Å². The highest BCUT2D eigenvalue weighted by atomic mass is 19.1.